The molecule has 0 radical (unpaired) electrons. The zero-order chi connectivity index (χ0) is 13.9. The van der Waals surface area contributed by atoms with Crippen LogP contribution in [0.4, 0.5) is 0 Å². The third-order valence-electron chi connectivity index (χ3n) is 2.88. The second kappa shape index (κ2) is 5.66. The van der Waals surface area contributed by atoms with E-state index in [0.717, 1.165) is 5.56 Å². The number of Topliss-reactive ketones (excluding diaryl/α,β-unsaturated/α-hetero) is 1. The van der Waals surface area contributed by atoms with Crippen molar-refractivity contribution in [2.24, 2.45) is 0 Å². The van der Waals surface area contributed by atoms with Gasteiger partial charge in [-0.3, -0.25) is 4.79 Å². The number of aryl methyl sites for hydroxylation is 3. The first-order chi connectivity index (χ1) is 8.19. The van der Waals surface area contributed by atoms with Gasteiger partial charge in [0.2, 0.25) is 0 Å². The van der Waals surface area contributed by atoms with Gasteiger partial charge in [0.1, 0.15) is 6.61 Å². The molecule has 2 heteroatoms. The van der Waals surface area contributed by atoms with Gasteiger partial charge in [0.25, 0.3) is 0 Å². The molecular weight excluding hydrogens is 224 g/mol. The Morgan fingerprint density at radius 1 is 1.11 bits per heavy atom. The van der Waals surface area contributed by atoms with Crippen LogP contribution in [-0.2, 0) is 16.0 Å². The Bertz CT molecular complexity index is 416. The van der Waals surface area contributed by atoms with Gasteiger partial charge in [-0.15, -0.1) is 0 Å². The second-order valence-corrected chi connectivity index (χ2v) is 5.99. The Morgan fingerprint density at radius 3 is 2.06 bits per heavy atom. The summed E-state index contributed by atoms with van der Waals surface area (Å²) in [6, 6.07) is 4.25. The molecule has 0 aliphatic carbocycles. The predicted molar refractivity (Wildman–Crippen MR) is 75.1 cm³/mol. The molecule has 0 bridgehead atoms. The summed E-state index contributed by atoms with van der Waals surface area (Å²) in [6.07, 6.45) is 0.466. The molecule has 0 saturated carbocycles. The summed E-state index contributed by atoms with van der Waals surface area (Å²) in [4.78, 5) is 11.9. The quantitative estimate of drug-likeness (QED) is 0.814. The number of carbonyl (C=O) groups excluding carboxylic acids is 1. The lowest BCUT2D eigenvalue weighted by Gasteiger charge is -2.19. The van der Waals surface area contributed by atoms with Gasteiger partial charge in [0.05, 0.1) is 5.60 Å². The summed E-state index contributed by atoms with van der Waals surface area (Å²) in [5.74, 6) is 0.139. The van der Waals surface area contributed by atoms with Crippen molar-refractivity contribution in [1.82, 2.24) is 0 Å². The molecule has 0 unspecified atom stereocenters. The lowest BCUT2D eigenvalue weighted by molar-refractivity contribution is -0.127. The van der Waals surface area contributed by atoms with Crippen LogP contribution in [0.5, 0.6) is 0 Å². The van der Waals surface area contributed by atoms with Gasteiger partial charge in [0.15, 0.2) is 5.78 Å². The highest BCUT2D eigenvalue weighted by molar-refractivity contribution is 5.82. The Balaban J connectivity index is 2.71. The minimum Gasteiger partial charge on any atom is -0.368 e. The van der Waals surface area contributed by atoms with Crippen LogP contribution in [0.25, 0.3) is 0 Å². The molecule has 0 fully saturated rings. The maximum Gasteiger partial charge on any atom is 0.162 e. The fraction of sp³-hybridized carbons (Fsp3) is 0.562. The van der Waals surface area contributed by atoms with Crippen molar-refractivity contribution in [2.45, 2.75) is 53.6 Å². The van der Waals surface area contributed by atoms with E-state index in [-0.39, 0.29) is 18.0 Å². The molecule has 1 aromatic rings. The molecule has 100 valence electrons. The molecule has 0 aliphatic rings. The van der Waals surface area contributed by atoms with Crippen LogP contribution in [-0.4, -0.2) is 18.0 Å². The molecule has 0 N–H and O–H groups in total. The van der Waals surface area contributed by atoms with E-state index in [1.54, 1.807) is 0 Å². The van der Waals surface area contributed by atoms with Gasteiger partial charge >= 0.3 is 0 Å². The van der Waals surface area contributed by atoms with Crippen LogP contribution in [0.1, 0.15) is 43.0 Å². The fourth-order valence-electron chi connectivity index (χ4n) is 2.03. The summed E-state index contributed by atoms with van der Waals surface area (Å²) in [6.45, 7) is 12.3. The molecule has 0 atom stereocenters. The van der Waals surface area contributed by atoms with Crippen molar-refractivity contribution in [1.29, 1.82) is 0 Å². The Morgan fingerprint density at radius 2 is 1.61 bits per heavy atom. The SMILES string of the molecule is Cc1cc(C)c(CC(=O)COC(C)(C)C)c(C)c1. The minimum absolute atomic E-state index is 0.139. The van der Waals surface area contributed by atoms with Gasteiger partial charge in [-0.05, 0) is 58.2 Å². The molecule has 1 rings (SSSR count). The molecule has 0 aromatic heterocycles. The van der Waals surface area contributed by atoms with Gasteiger partial charge < -0.3 is 4.74 Å². The van der Waals surface area contributed by atoms with Crippen LogP contribution in [0.2, 0.25) is 0 Å². The molecule has 1 aromatic carbocycles. The van der Waals surface area contributed by atoms with E-state index in [0.29, 0.717) is 6.42 Å². The number of benzene rings is 1. The molecule has 2 nitrogen and oxygen atoms in total. The summed E-state index contributed by atoms with van der Waals surface area (Å²) in [7, 11) is 0. The number of ether oxygens (including phenoxy) is 1. The van der Waals surface area contributed by atoms with Gasteiger partial charge in [-0.25, -0.2) is 0 Å². The molecule has 18 heavy (non-hydrogen) atoms. The second-order valence-electron chi connectivity index (χ2n) is 5.99. The van der Waals surface area contributed by atoms with Crippen molar-refractivity contribution in [3.8, 4) is 0 Å². The van der Waals surface area contributed by atoms with Crippen LogP contribution in [0.3, 0.4) is 0 Å². The summed E-state index contributed by atoms with van der Waals surface area (Å²) in [5, 5.41) is 0. The normalized spacial score (nSPS) is 11.7. The Labute approximate surface area is 110 Å². The summed E-state index contributed by atoms with van der Waals surface area (Å²) in [5.41, 5.74) is 4.51. The predicted octanol–water partition coefficient (Wildman–Crippen LogP) is 3.54. The number of ketones is 1. The van der Waals surface area contributed by atoms with Crippen LogP contribution < -0.4 is 0 Å². The zero-order valence-electron chi connectivity index (χ0n) is 12.4. The van der Waals surface area contributed by atoms with Gasteiger partial charge in [0, 0.05) is 6.42 Å². The van der Waals surface area contributed by atoms with Crippen molar-refractivity contribution >= 4 is 5.78 Å². The van der Waals surface area contributed by atoms with Crippen molar-refractivity contribution in [3.05, 3.63) is 34.4 Å². The molecule has 0 amide bonds. The monoisotopic (exact) mass is 248 g/mol. The first-order valence-electron chi connectivity index (χ1n) is 6.41. The summed E-state index contributed by atoms with van der Waals surface area (Å²) < 4.78 is 5.52. The number of hydrogen-bond acceptors (Lipinski definition) is 2. The third-order valence-corrected chi connectivity index (χ3v) is 2.88. The van der Waals surface area contributed by atoms with E-state index >= 15 is 0 Å². The molecule has 0 heterocycles. The first-order valence-corrected chi connectivity index (χ1v) is 6.41. The fourth-order valence-corrected chi connectivity index (χ4v) is 2.03. The Hall–Kier alpha value is -1.15. The van der Waals surface area contributed by atoms with E-state index < -0.39 is 0 Å². The van der Waals surface area contributed by atoms with Gasteiger partial charge in [-0.1, -0.05) is 17.7 Å². The van der Waals surface area contributed by atoms with Crippen molar-refractivity contribution < 1.29 is 9.53 Å². The van der Waals surface area contributed by atoms with Crippen molar-refractivity contribution in [2.75, 3.05) is 6.61 Å². The number of carbonyl (C=O) groups is 1. The maximum absolute atomic E-state index is 11.9. The minimum atomic E-state index is -0.257. The highest BCUT2D eigenvalue weighted by Gasteiger charge is 2.14. The van der Waals surface area contributed by atoms with E-state index in [1.807, 2.05) is 20.8 Å². The smallest absolute Gasteiger partial charge is 0.162 e. The van der Waals surface area contributed by atoms with E-state index in [4.69, 9.17) is 4.74 Å². The van der Waals surface area contributed by atoms with Crippen molar-refractivity contribution in [3.63, 3.8) is 0 Å². The zero-order valence-corrected chi connectivity index (χ0v) is 12.4. The van der Waals surface area contributed by atoms with Crippen LogP contribution in [0.15, 0.2) is 12.1 Å². The maximum atomic E-state index is 11.9. The molecule has 0 saturated heterocycles. The number of hydrogen-bond donors (Lipinski definition) is 0. The topological polar surface area (TPSA) is 26.3 Å². The van der Waals surface area contributed by atoms with E-state index in [9.17, 15) is 4.79 Å². The largest absolute Gasteiger partial charge is 0.368 e. The van der Waals surface area contributed by atoms with Gasteiger partial charge in [-0.2, -0.15) is 0 Å². The Kier molecular flexibility index (Phi) is 4.69. The van der Waals surface area contributed by atoms with E-state index in [2.05, 4.69) is 32.9 Å². The summed E-state index contributed by atoms with van der Waals surface area (Å²) >= 11 is 0. The highest BCUT2D eigenvalue weighted by atomic mass is 16.5. The first kappa shape index (κ1) is 14.9. The third kappa shape index (κ3) is 4.61. The lowest BCUT2D eigenvalue weighted by atomic mass is 9.96. The average molecular weight is 248 g/mol. The highest BCUT2D eigenvalue weighted by Crippen LogP contribution is 2.17. The standard InChI is InChI=1S/C16H24O2/c1-11-7-12(2)15(13(3)8-11)9-14(17)10-18-16(4,5)6/h7-8H,9-10H2,1-6H3. The lowest BCUT2D eigenvalue weighted by Crippen LogP contribution is -2.24. The molecular formula is C16H24O2. The molecule has 0 spiro atoms. The van der Waals surface area contributed by atoms with Crippen LogP contribution in [0, 0.1) is 20.8 Å². The molecule has 0 aliphatic heterocycles. The average Bonchev–Trinajstić information content (AvgIpc) is 2.19. The number of rotatable bonds is 4. The van der Waals surface area contributed by atoms with Crippen LogP contribution >= 0.6 is 0 Å². The van der Waals surface area contributed by atoms with E-state index in [1.165, 1.54) is 16.7 Å².